The summed E-state index contributed by atoms with van der Waals surface area (Å²) in [5.74, 6) is -0.0389. The molecule has 1 aromatic heterocycles. The lowest BCUT2D eigenvalue weighted by molar-refractivity contribution is 0.0305. The molecule has 1 aromatic rings. The molecular formula is C14H19N5O3S2. The molecule has 0 spiro atoms. The fraction of sp³-hybridized carbons (Fsp3) is 0.429. The summed E-state index contributed by atoms with van der Waals surface area (Å²) in [7, 11) is 0. The van der Waals surface area contributed by atoms with E-state index < -0.39 is 6.03 Å². The van der Waals surface area contributed by atoms with Crippen LogP contribution in [0.4, 0.5) is 9.80 Å². The van der Waals surface area contributed by atoms with E-state index in [1.807, 2.05) is 6.92 Å². The Kier molecular flexibility index (Phi) is 6.76. The van der Waals surface area contributed by atoms with Crippen LogP contribution in [-0.4, -0.2) is 53.9 Å². The van der Waals surface area contributed by atoms with Crippen molar-refractivity contribution in [3.05, 3.63) is 16.5 Å². The molecular weight excluding hydrogens is 350 g/mol. The maximum absolute atomic E-state index is 12.6. The van der Waals surface area contributed by atoms with E-state index >= 15 is 0 Å². The number of urea groups is 1. The molecule has 10 heteroatoms. The Morgan fingerprint density at radius 3 is 2.88 bits per heavy atom. The lowest BCUT2D eigenvalue weighted by Crippen LogP contribution is -2.40. The number of nitrogens with one attached hydrogen (secondary N) is 2. The fourth-order valence-electron chi connectivity index (χ4n) is 2.16. The molecule has 1 aliphatic heterocycles. The molecule has 24 heavy (non-hydrogen) atoms. The zero-order valence-electron chi connectivity index (χ0n) is 13.2. The highest BCUT2D eigenvalue weighted by molar-refractivity contribution is 8.24. The lowest BCUT2D eigenvalue weighted by atomic mass is 10.2. The van der Waals surface area contributed by atoms with E-state index in [0.29, 0.717) is 42.6 Å². The topological polar surface area (TPSA) is 121 Å². The van der Waals surface area contributed by atoms with Gasteiger partial charge in [0.05, 0.1) is 28.6 Å². The van der Waals surface area contributed by atoms with Crippen LogP contribution in [0.5, 0.6) is 0 Å². The van der Waals surface area contributed by atoms with Crippen LogP contribution in [-0.2, 0) is 11.2 Å². The first-order chi connectivity index (χ1) is 11.5. The van der Waals surface area contributed by atoms with Gasteiger partial charge in [-0.3, -0.25) is 10.1 Å². The molecule has 3 amide bonds. The first kappa shape index (κ1) is 18.4. The van der Waals surface area contributed by atoms with Gasteiger partial charge in [0.2, 0.25) is 0 Å². The SMILES string of the molecule is CCc1cc(NC(=O)/N=C(/N)SC=N)sc1C(=O)N1CCOCC1. The van der Waals surface area contributed by atoms with Gasteiger partial charge in [-0.25, -0.2) is 4.79 Å². The van der Waals surface area contributed by atoms with Crippen LogP contribution in [0.1, 0.15) is 22.2 Å². The van der Waals surface area contributed by atoms with Crippen molar-refractivity contribution in [3.63, 3.8) is 0 Å². The first-order valence-electron chi connectivity index (χ1n) is 7.35. The summed E-state index contributed by atoms with van der Waals surface area (Å²) < 4.78 is 5.27. The minimum atomic E-state index is -0.629. The highest BCUT2D eigenvalue weighted by Gasteiger charge is 2.23. The molecule has 0 radical (unpaired) electrons. The number of carbonyl (C=O) groups is 2. The van der Waals surface area contributed by atoms with Crippen LogP contribution >= 0.6 is 23.1 Å². The molecule has 0 atom stereocenters. The van der Waals surface area contributed by atoms with Crippen LogP contribution < -0.4 is 11.1 Å². The second-order valence-electron chi connectivity index (χ2n) is 4.84. The highest BCUT2D eigenvalue weighted by Crippen LogP contribution is 2.29. The van der Waals surface area contributed by atoms with Crippen LogP contribution in [0, 0.1) is 5.41 Å². The van der Waals surface area contributed by atoms with Gasteiger partial charge < -0.3 is 20.8 Å². The number of nitrogens with two attached hydrogens (primary N) is 1. The van der Waals surface area contributed by atoms with Crippen LogP contribution in [0.15, 0.2) is 11.1 Å². The van der Waals surface area contributed by atoms with Crippen molar-refractivity contribution in [2.45, 2.75) is 13.3 Å². The van der Waals surface area contributed by atoms with Crippen molar-refractivity contribution < 1.29 is 14.3 Å². The third-order valence-electron chi connectivity index (χ3n) is 3.30. The Balaban J connectivity index is 2.11. The number of amides is 3. The van der Waals surface area contributed by atoms with Gasteiger partial charge in [0, 0.05) is 13.1 Å². The summed E-state index contributed by atoms with van der Waals surface area (Å²) in [6.45, 7) is 4.19. The van der Waals surface area contributed by atoms with Crippen molar-refractivity contribution in [2.75, 3.05) is 31.6 Å². The average Bonchev–Trinajstić information content (AvgIpc) is 2.97. The third kappa shape index (κ3) is 4.79. The van der Waals surface area contributed by atoms with Crippen molar-refractivity contribution in [1.82, 2.24) is 4.90 Å². The number of morpholine rings is 1. The zero-order chi connectivity index (χ0) is 17.5. The van der Waals surface area contributed by atoms with Crippen molar-refractivity contribution >= 4 is 50.8 Å². The Labute approximate surface area is 148 Å². The van der Waals surface area contributed by atoms with E-state index in [9.17, 15) is 9.59 Å². The number of aryl methyl sites for hydroxylation is 1. The van der Waals surface area contributed by atoms with Gasteiger partial charge in [0.1, 0.15) is 0 Å². The highest BCUT2D eigenvalue weighted by atomic mass is 32.2. The number of thiophene rings is 1. The second kappa shape index (κ2) is 8.81. The van der Waals surface area contributed by atoms with Gasteiger partial charge in [0.15, 0.2) is 5.17 Å². The lowest BCUT2D eigenvalue weighted by Gasteiger charge is -2.26. The maximum atomic E-state index is 12.6. The number of hydrogen-bond acceptors (Lipinski definition) is 6. The monoisotopic (exact) mass is 369 g/mol. The van der Waals surface area contributed by atoms with Crippen molar-refractivity contribution in [2.24, 2.45) is 10.7 Å². The second-order valence-corrected chi connectivity index (χ2v) is 6.78. The number of hydrogen-bond donors (Lipinski definition) is 3. The number of nitrogens with zero attached hydrogens (tertiary/aromatic N) is 2. The molecule has 0 aromatic carbocycles. The van der Waals surface area contributed by atoms with Gasteiger partial charge in [0.25, 0.3) is 5.91 Å². The predicted molar refractivity (Wildman–Crippen MR) is 97.4 cm³/mol. The summed E-state index contributed by atoms with van der Waals surface area (Å²) in [4.78, 5) is 30.4. The van der Waals surface area contributed by atoms with Crippen molar-refractivity contribution in [1.29, 1.82) is 5.41 Å². The molecule has 0 saturated carbocycles. The average molecular weight is 369 g/mol. The summed E-state index contributed by atoms with van der Waals surface area (Å²) in [6, 6.07) is 1.15. The Morgan fingerprint density at radius 2 is 2.25 bits per heavy atom. The molecule has 2 rings (SSSR count). The zero-order valence-corrected chi connectivity index (χ0v) is 14.8. The standard InChI is InChI=1S/C14H19N5O3S2/c1-2-9-7-10(17-14(21)18-13(16)23-8-15)24-11(9)12(20)19-3-5-22-6-4-19/h7-8,15H,2-6H2,1H3,(H3,16,17,18,21). The number of thioether (sulfide) groups is 1. The normalized spacial score (nSPS) is 15.2. The van der Waals surface area contributed by atoms with Gasteiger partial charge in [-0.2, -0.15) is 4.99 Å². The smallest absolute Gasteiger partial charge is 0.348 e. The Morgan fingerprint density at radius 1 is 1.54 bits per heavy atom. The maximum Gasteiger partial charge on any atom is 0.348 e. The number of rotatable bonds is 4. The number of amidine groups is 1. The van der Waals surface area contributed by atoms with Crippen LogP contribution in [0.25, 0.3) is 0 Å². The number of aliphatic imine (C=N–C) groups is 1. The summed E-state index contributed by atoms with van der Waals surface area (Å²) in [5.41, 5.74) is 7.36. The third-order valence-corrected chi connectivity index (χ3v) is 4.84. The van der Waals surface area contributed by atoms with E-state index in [-0.39, 0.29) is 11.1 Å². The fourth-order valence-corrected chi connectivity index (χ4v) is 3.53. The summed E-state index contributed by atoms with van der Waals surface area (Å²) >= 11 is 2.07. The van der Waals surface area contributed by atoms with E-state index in [1.165, 1.54) is 11.3 Å². The quantitative estimate of drug-likeness (QED) is 0.553. The molecule has 0 unspecified atom stereocenters. The number of anilines is 1. The number of carbonyl (C=O) groups excluding carboxylic acids is 2. The van der Waals surface area contributed by atoms with Gasteiger partial charge in [-0.15, -0.1) is 11.3 Å². The summed E-state index contributed by atoms with van der Waals surface area (Å²) in [6.07, 6.45) is 0.687. The molecule has 1 fully saturated rings. The van der Waals surface area contributed by atoms with Gasteiger partial charge in [-0.1, -0.05) is 6.92 Å². The molecule has 2 heterocycles. The van der Waals surface area contributed by atoms with Crippen LogP contribution in [0.2, 0.25) is 0 Å². The first-order valence-corrected chi connectivity index (χ1v) is 9.05. The number of ether oxygens (including phenoxy) is 1. The molecule has 0 aliphatic carbocycles. The molecule has 4 N–H and O–H groups in total. The molecule has 1 saturated heterocycles. The van der Waals surface area contributed by atoms with Crippen molar-refractivity contribution in [3.8, 4) is 0 Å². The minimum Gasteiger partial charge on any atom is -0.378 e. The largest absolute Gasteiger partial charge is 0.378 e. The Hall–Kier alpha value is -1.91. The molecule has 1 aliphatic rings. The molecule has 0 bridgehead atoms. The Bertz CT molecular complexity index is 653. The molecule has 8 nitrogen and oxygen atoms in total. The predicted octanol–water partition coefficient (Wildman–Crippen LogP) is 1.97. The van der Waals surface area contributed by atoms with E-state index in [1.54, 1.807) is 11.0 Å². The van der Waals surface area contributed by atoms with Gasteiger partial charge in [-0.05, 0) is 29.8 Å². The van der Waals surface area contributed by atoms with E-state index in [2.05, 4.69) is 10.3 Å². The minimum absolute atomic E-state index is 0.0145. The van der Waals surface area contributed by atoms with Gasteiger partial charge >= 0.3 is 6.03 Å². The van der Waals surface area contributed by atoms with Crippen LogP contribution in [0.3, 0.4) is 0 Å². The summed E-state index contributed by atoms with van der Waals surface area (Å²) in [5, 5.41) is 10.0. The van der Waals surface area contributed by atoms with E-state index in [0.717, 1.165) is 22.9 Å². The van der Waals surface area contributed by atoms with E-state index in [4.69, 9.17) is 15.9 Å². The molecule has 130 valence electrons.